The van der Waals surface area contributed by atoms with Crippen molar-refractivity contribution < 1.29 is 17.9 Å². The SMILES string of the molecule is CCCC(C)NC(=O)CN(c1ccc(Oc2ccccc2)cc1)S(=O)(=O)c1ccccc1. The number of nitrogens with one attached hydrogen (secondary N) is 1. The lowest BCUT2D eigenvalue weighted by Crippen LogP contribution is -2.43. The summed E-state index contributed by atoms with van der Waals surface area (Å²) < 4.78 is 33.7. The maximum atomic E-state index is 13.4. The van der Waals surface area contributed by atoms with Gasteiger partial charge in [-0.25, -0.2) is 8.42 Å². The van der Waals surface area contributed by atoms with Gasteiger partial charge in [0.1, 0.15) is 18.0 Å². The van der Waals surface area contributed by atoms with Crippen molar-refractivity contribution in [2.24, 2.45) is 0 Å². The van der Waals surface area contributed by atoms with E-state index in [1.807, 2.05) is 44.2 Å². The van der Waals surface area contributed by atoms with Crippen molar-refractivity contribution in [2.75, 3.05) is 10.8 Å². The molecule has 32 heavy (non-hydrogen) atoms. The van der Waals surface area contributed by atoms with Crippen molar-refractivity contribution in [3.05, 3.63) is 84.9 Å². The van der Waals surface area contributed by atoms with Gasteiger partial charge in [0, 0.05) is 6.04 Å². The number of anilines is 1. The van der Waals surface area contributed by atoms with Crippen LogP contribution in [0, 0.1) is 0 Å². The molecule has 0 saturated carbocycles. The molecule has 0 radical (unpaired) electrons. The molecule has 1 unspecified atom stereocenters. The highest BCUT2D eigenvalue weighted by Gasteiger charge is 2.27. The molecule has 1 N–H and O–H groups in total. The second-order valence-corrected chi connectivity index (χ2v) is 9.35. The number of benzene rings is 3. The zero-order chi connectivity index (χ0) is 23.0. The molecule has 0 heterocycles. The van der Waals surface area contributed by atoms with Gasteiger partial charge in [0.25, 0.3) is 10.0 Å². The van der Waals surface area contributed by atoms with Crippen molar-refractivity contribution in [3.8, 4) is 11.5 Å². The molecule has 3 aromatic carbocycles. The topological polar surface area (TPSA) is 75.7 Å². The fraction of sp³-hybridized carbons (Fsp3) is 0.240. The van der Waals surface area contributed by atoms with Crippen LogP contribution >= 0.6 is 0 Å². The van der Waals surface area contributed by atoms with Gasteiger partial charge >= 0.3 is 0 Å². The molecule has 0 fully saturated rings. The van der Waals surface area contributed by atoms with Crippen LogP contribution in [0.2, 0.25) is 0 Å². The average Bonchev–Trinajstić information content (AvgIpc) is 2.79. The minimum absolute atomic E-state index is 0.0320. The van der Waals surface area contributed by atoms with Gasteiger partial charge in [-0.2, -0.15) is 0 Å². The third-order valence-electron chi connectivity index (χ3n) is 4.85. The molecule has 0 aromatic heterocycles. The Morgan fingerprint density at radius 1 is 0.906 bits per heavy atom. The third kappa shape index (κ3) is 6.11. The number of rotatable bonds is 10. The van der Waals surface area contributed by atoms with Gasteiger partial charge in [0.05, 0.1) is 10.6 Å². The summed E-state index contributed by atoms with van der Waals surface area (Å²) in [5.74, 6) is 0.895. The first-order valence-electron chi connectivity index (χ1n) is 10.6. The minimum Gasteiger partial charge on any atom is -0.457 e. The number of hydrogen-bond donors (Lipinski definition) is 1. The van der Waals surface area contributed by atoms with Crippen LogP contribution in [0.25, 0.3) is 0 Å². The van der Waals surface area contributed by atoms with Crippen molar-refractivity contribution in [3.63, 3.8) is 0 Å². The molecule has 3 rings (SSSR count). The lowest BCUT2D eigenvalue weighted by atomic mass is 10.2. The molecule has 0 saturated heterocycles. The first kappa shape index (κ1) is 23.3. The smallest absolute Gasteiger partial charge is 0.264 e. The van der Waals surface area contributed by atoms with Crippen LogP contribution in [0.1, 0.15) is 26.7 Å². The van der Waals surface area contributed by atoms with Crippen LogP contribution < -0.4 is 14.4 Å². The van der Waals surface area contributed by atoms with Crippen LogP contribution in [0.3, 0.4) is 0 Å². The summed E-state index contributed by atoms with van der Waals surface area (Å²) in [5.41, 5.74) is 0.382. The van der Waals surface area contributed by atoms with Crippen molar-refractivity contribution >= 4 is 21.6 Å². The van der Waals surface area contributed by atoms with E-state index in [0.717, 1.165) is 17.1 Å². The van der Waals surface area contributed by atoms with Gasteiger partial charge < -0.3 is 10.1 Å². The van der Waals surface area contributed by atoms with Crippen molar-refractivity contribution in [1.29, 1.82) is 0 Å². The van der Waals surface area contributed by atoms with Crippen molar-refractivity contribution in [1.82, 2.24) is 5.32 Å². The fourth-order valence-corrected chi connectivity index (χ4v) is 4.74. The normalized spacial score (nSPS) is 12.1. The van der Waals surface area contributed by atoms with Gasteiger partial charge in [0.15, 0.2) is 0 Å². The maximum Gasteiger partial charge on any atom is 0.264 e. The Bertz CT molecular complexity index is 1100. The first-order valence-corrected chi connectivity index (χ1v) is 12.0. The van der Waals surface area contributed by atoms with E-state index < -0.39 is 10.0 Å². The molecule has 7 heteroatoms. The monoisotopic (exact) mass is 452 g/mol. The van der Waals surface area contributed by atoms with Crippen molar-refractivity contribution in [2.45, 2.75) is 37.6 Å². The van der Waals surface area contributed by atoms with E-state index in [-0.39, 0.29) is 23.4 Å². The van der Waals surface area contributed by atoms with Gasteiger partial charge in [-0.3, -0.25) is 9.10 Å². The second-order valence-electron chi connectivity index (χ2n) is 7.49. The van der Waals surface area contributed by atoms with E-state index in [2.05, 4.69) is 5.32 Å². The molecule has 1 atom stereocenters. The Balaban J connectivity index is 1.87. The van der Waals surface area contributed by atoms with E-state index in [1.165, 1.54) is 12.1 Å². The lowest BCUT2D eigenvalue weighted by Gasteiger charge is -2.25. The van der Waals surface area contributed by atoms with Crippen LogP contribution in [-0.2, 0) is 14.8 Å². The number of nitrogens with zero attached hydrogens (tertiary/aromatic N) is 1. The van der Waals surface area contributed by atoms with E-state index in [0.29, 0.717) is 17.2 Å². The lowest BCUT2D eigenvalue weighted by molar-refractivity contribution is -0.120. The Morgan fingerprint density at radius 2 is 1.47 bits per heavy atom. The maximum absolute atomic E-state index is 13.4. The number of para-hydroxylation sites is 1. The Morgan fingerprint density at radius 3 is 2.06 bits per heavy atom. The summed E-state index contributed by atoms with van der Waals surface area (Å²) in [5, 5.41) is 2.88. The molecule has 0 aliphatic heterocycles. The average molecular weight is 453 g/mol. The summed E-state index contributed by atoms with van der Waals surface area (Å²) in [6.45, 7) is 3.63. The number of carbonyl (C=O) groups excluding carboxylic acids is 1. The zero-order valence-corrected chi connectivity index (χ0v) is 19.1. The molecular formula is C25H28N2O4S. The molecular weight excluding hydrogens is 424 g/mol. The summed E-state index contributed by atoms with van der Waals surface area (Å²) in [7, 11) is -3.94. The van der Waals surface area contributed by atoms with Crippen LogP contribution in [-0.4, -0.2) is 26.9 Å². The number of hydrogen-bond acceptors (Lipinski definition) is 4. The fourth-order valence-electron chi connectivity index (χ4n) is 3.30. The largest absolute Gasteiger partial charge is 0.457 e. The van der Waals surface area contributed by atoms with Crippen LogP contribution in [0.15, 0.2) is 89.8 Å². The predicted molar refractivity (Wildman–Crippen MR) is 126 cm³/mol. The quantitative estimate of drug-likeness (QED) is 0.471. The Kier molecular flexibility index (Phi) is 7.89. The molecule has 0 bridgehead atoms. The standard InChI is InChI=1S/C25H28N2O4S/c1-3-10-20(2)26-25(28)19-27(32(29,30)24-13-8-5-9-14-24)21-15-17-23(18-16-21)31-22-11-6-4-7-12-22/h4-9,11-18,20H,3,10,19H2,1-2H3,(H,26,28). The van der Waals surface area contributed by atoms with Gasteiger partial charge in [0.2, 0.25) is 5.91 Å². The number of carbonyl (C=O) groups is 1. The third-order valence-corrected chi connectivity index (χ3v) is 6.64. The van der Waals surface area contributed by atoms with E-state index >= 15 is 0 Å². The summed E-state index contributed by atoms with van der Waals surface area (Å²) in [6.07, 6.45) is 1.75. The van der Waals surface area contributed by atoms with E-state index in [1.54, 1.807) is 42.5 Å². The number of ether oxygens (including phenoxy) is 1. The zero-order valence-electron chi connectivity index (χ0n) is 18.3. The van der Waals surface area contributed by atoms with Crippen LogP contribution in [0.5, 0.6) is 11.5 Å². The summed E-state index contributed by atoms with van der Waals surface area (Å²) in [6, 6.07) is 24.0. The minimum atomic E-state index is -3.94. The molecule has 0 spiro atoms. The number of amides is 1. The summed E-state index contributed by atoms with van der Waals surface area (Å²) >= 11 is 0. The molecule has 0 aliphatic rings. The summed E-state index contributed by atoms with van der Waals surface area (Å²) in [4.78, 5) is 12.8. The van der Waals surface area contributed by atoms with Gasteiger partial charge in [-0.05, 0) is 61.9 Å². The second kappa shape index (κ2) is 10.8. The molecule has 1 amide bonds. The van der Waals surface area contributed by atoms with E-state index in [4.69, 9.17) is 4.74 Å². The number of sulfonamides is 1. The molecule has 168 valence electrons. The van der Waals surface area contributed by atoms with Crippen LogP contribution in [0.4, 0.5) is 5.69 Å². The Labute approximate surface area is 189 Å². The predicted octanol–water partition coefficient (Wildman–Crippen LogP) is 4.98. The van der Waals surface area contributed by atoms with Gasteiger partial charge in [-0.1, -0.05) is 49.7 Å². The highest BCUT2D eigenvalue weighted by atomic mass is 32.2. The van der Waals surface area contributed by atoms with Gasteiger partial charge in [-0.15, -0.1) is 0 Å². The Hall–Kier alpha value is -3.32. The first-order chi connectivity index (χ1) is 15.4. The molecule has 3 aromatic rings. The highest BCUT2D eigenvalue weighted by molar-refractivity contribution is 7.92. The highest BCUT2D eigenvalue weighted by Crippen LogP contribution is 2.28. The molecule has 6 nitrogen and oxygen atoms in total. The van der Waals surface area contributed by atoms with E-state index in [9.17, 15) is 13.2 Å². The molecule has 0 aliphatic carbocycles.